The molecule has 0 radical (unpaired) electrons. The molecule has 1 saturated carbocycles. The molecule has 0 saturated heterocycles. The van der Waals surface area contributed by atoms with Crippen molar-refractivity contribution in [1.82, 2.24) is 5.32 Å². The Kier molecular flexibility index (Phi) is 5.46. The van der Waals surface area contributed by atoms with Crippen LogP contribution in [-0.2, 0) is 6.42 Å². The van der Waals surface area contributed by atoms with Gasteiger partial charge in [0.15, 0.2) is 5.78 Å². The van der Waals surface area contributed by atoms with Crippen LogP contribution in [0.5, 0.6) is 0 Å². The van der Waals surface area contributed by atoms with Crippen molar-refractivity contribution in [2.75, 3.05) is 11.4 Å². The van der Waals surface area contributed by atoms with Crippen LogP contribution in [0.2, 0.25) is 0 Å². The summed E-state index contributed by atoms with van der Waals surface area (Å²) in [6, 6.07) is 14.3. The molecule has 31 heavy (non-hydrogen) atoms. The van der Waals surface area contributed by atoms with Gasteiger partial charge in [-0.1, -0.05) is 55.3 Å². The number of carbonyl (C=O) groups excluding carboxylic acids is 2. The van der Waals surface area contributed by atoms with Crippen molar-refractivity contribution >= 4 is 17.5 Å². The molecule has 2 amide bonds. The number of hydrogen-bond acceptors (Lipinski definition) is 2. The van der Waals surface area contributed by atoms with Gasteiger partial charge in [-0.05, 0) is 67.0 Å². The average molecular weight is 413 g/mol. The number of rotatable bonds is 4. The zero-order chi connectivity index (χ0) is 21.2. The van der Waals surface area contributed by atoms with Crippen molar-refractivity contribution in [2.45, 2.75) is 44.9 Å². The summed E-state index contributed by atoms with van der Waals surface area (Å²) in [6.45, 7) is 0.697. The highest BCUT2D eigenvalue weighted by Gasteiger charge is 2.26. The second kappa shape index (κ2) is 8.54. The Morgan fingerprint density at radius 1 is 0.935 bits per heavy atom. The first-order chi connectivity index (χ1) is 15.2. The van der Waals surface area contributed by atoms with Crippen molar-refractivity contribution < 1.29 is 9.59 Å². The number of fused-ring (bicyclic) bond motifs is 1. The lowest BCUT2D eigenvalue weighted by molar-refractivity contribution is 0.0923. The number of urea groups is 1. The molecule has 0 spiro atoms. The molecular formula is C27H28N2O2. The Hall–Kier alpha value is -3.14. The minimum Gasteiger partial charge on any atom is -0.311 e. The van der Waals surface area contributed by atoms with E-state index in [0.717, 1.165) is 60.2 Å². The molecule has 2 aromatic rings. The summed E-state index contributed by atoms with van der Waals surface area (Å²) in [5.41, 5.74) is 6.21. The molecule has 0 unspecified atom stereocenters. The number of nitrogens with one attached hydrogen (secondary N) is 1. The zero-order valence-corrected chi connectivity index (χ0v) is 17.8. The number of ketones is 1. The van der Waals surface area contributed by atoms with Gasteiger partial charge < -0.3 is 5.32 Å². The lowest BCUT2D eigenvalue weighted by Gasteiger charge is -2.20. The van der Waals surface area contributed by atoms with Crippen molar-refractivity contribution in [2.24, 2.45) is 5.92 Å². The summed E-state index contributed by atoms with van der Waals surface area (Å²) in [5, 5.41) is 3.05. The lowest BCUT2D eigenvalue weighted by Crippen LogP contribution is -2.38. The summed E-state index contributed by atoms with van der Waals surface area (Å²) < 4.78 is 0. The van der Waals surface area contributed by atoms with Gasteiger partial charge in [0.25, 0.3) is 0 Å². The van der Waals surface area contributed by atoms with Crippen molar-refractivity contribution in [3.8, 4) is 11.1 Å². The van der Waals surface area contributed by atoms with E-state index < -0.39 is 0 Å². The molecule has 1 fully saturated rings. The molecule has 0 bridgehead atoms. The largest absolute Gasteiger partial charge is 0.326 e. The van der Waals surface area contributed by atoms with E-state index in [0.29, 0.717) is 12.3 Å². The second-order valence-corrected chi connectivity index (χ2v) is 8.76. The van der Waals surface area contributed by atoms with E-state index in [1.165, 1.54) is 18.4 Å². The van der Waals surface area contributed by atoms with Crippen LogP contribution >= 0.6 is 0 Å². The van der Waals surface area contributed by atoms with Crippen LogP contribution in [0, 0.1) is 5.92 Å². The van der Waals surface area contributed by atoms with E-state index in [2.05, 4.69) is 23.5 Å². The van der Waals surface area contributed by atoms with Crippen LogP contribution in [-0.4, -0.2) is 18.4 Å². The van der Waals surface area contributed by atoms with Gasteiger partial charge in [0, 0.05) is 29.4 Å². The van der Waals surface area contributed by atoms with Gasteiger partial charge in [-0.15, -0.1) is 0 Å². The fourth-order valence-electron chi connectivity index (χ4n) is 4.95. The number of hydrogen-bond donors (Lipinski definition) is 1. The normalized spacial score (nSPS) is 18.1. The molecular weight excluding hydrogens is 384 g/mol. The molecule has 1 aliphatic heterocycles. The minimum absolute atomic E-state index is 0.0529. The highest BCUT2D eigenvalue weighted by molar-refractivity contribution is 5.98. The highest BCUT2D eigenvalue weighted by atomic mass is 16.2. The number of allylic oxidation sites excluding steroid dienone is 4. The van der Waals surface area contributed by atoms with Crippen molar-refractivity contribution in [3.05, 3.63) is 77.5 Å². The van der Waals surface area contributed by atoms with Crippen LogP contribution in [0.1, 0.15) is 54.4 Å². The van der Waals surface area contributed by atoms with Crippen LogP contribution < -0.4 is 10.2 Å². The van der Waals surface area contributed by atoms with Gasteiger partial charge in [-0.3, -0.25) is 9.69 Å². The van der Waals surface area contributed by atoms with Gasteiger partial charge in [-0.25, -0.2) is 4.79 Å². The summed E-state index contributed by atoms with van der Waals surface area (Å²) in [5.74, 6) is 0.506. The third-order valence-corrected chi connectivity index (χ3v) is 6.73. The molecule has 4 heteroatoms. The van der Waals surface area contributed by atoms with E-state index in [1.54, 1.807) is 0 Å². The molecule has 3 aliphatic rings. The molecule has 4 nitrogen and oxygen atoms in total. The third-order valence-electron chi connectivity index (χ3n) is 6.73. The van der Waals surface area contributed by atoms with E-state index in [4.69, 9.17) is 0 Å². The zero-order valence-electron chi connectivity index (χ0n) is 17.8. The summed E-state index contributed by atoms with van der Waals surface area (Å²) in [4.78, 5) is 27.2. The smallest absolute Gasteiger partial charge is 0.311 e. The summed E-state index contributed by atoms with van der Waals surface area (Å²) in [7, 11) is 0. The fraction of sp³-hybridized carbons (Fsp3) is 0.333. The molecule has 0 atom stereocenters. The fourth-order valence-corrected chi connectivity index (χ4v) is 4.95. The van der Waals surface area contributed by atoms with Crippen LogP contribution in [0.25, 0.3) is 11.1 Å². The standard InChI is InChI=1S/C27H28N2O2/c30-26(20-6-4-5-7-20)21-12-10-19(11-13-21)22-14-15-25-23(18-22)16-17-29(25)27(31)28-24-8-2-1-3-9-24/h1-2,8,10-15,18,20H,3-7,9,16-17H2,(H,28,31). The summed E-state index contributed by atoms with van der Waals surface area (Å²) in [6.07, 6.45) is 13.2. The van der Waals surface area contributed by atoms with Crippen molar-refractivity contribution in [3.63, 3.8) is 0 Å². The predicted octanol–water partition coefficient (Wildman–Crippen LogP) is 6.03. The maximum absolute atomic E-state index is 12.8. The Morgan fingerprint density at radius 2 is 1.71 bits per heavy atom. The van der Waals surface area contributed by atoms with Crippen molar-refractivity contribution in [1.29, 1.82) is 0 Å². The number of carbonyl (C=O) groups is 2. The highest BCUT2D eigenvalue weighted by Crippen LogP contribution is 2.33. The Balaban J connectivity index is 1.30. The Labute approximate surface area is 183 Å². The first-order valence-electron chi connectivity index (χ1n) is 11.4. The number of benzene rings is 2. The van der Waals surface area contributed by atoms with E-state index >= 15 is 0 Å². The molecule has 5 rings (SSSR count). The molecule has 1 heterocycles. The SMILES string of the molecule is O=C(c1ccc(-c2ccc3c(c2)CCN3C(=O)NC2=CC=CCC2)cc1)C1CCCC1. The molecule has 2 aromatic carbocycles. The molecule has 1 N–H and O–H groups in total. The summed E-state index contributed by atoms with van der Waals surface area (Å²) >= 11 is 0. The molecule has 2 aliphatic carbocycles. The van der Waals surface area contributed by atoms with E-state index in [1.807, 2.05) is 47.4 Å². The second-order valence-electron chi connectivity index (χ2n) is 8.76. The molecule has 158 valence electrons. The topological polar surface area (TPSA) is 49.4 Å². The van der Waals surface area contributed by atoms with Gasteiger partial charge in [-0.2, -0.15) is 0 Å². The number of amides is 2. The number of anilines is 1. The van der Waals surface area contributed by atoms with Gasteiger partial charge in [0.05, 0.1) is 0 Å². The van der Waals surface area contributed by atoms with Gasteiger partial charge >= 0.3 is 6.03 Å². The quantitative estimate of drug-likeness (QED) is 0.623. The van der Waals surface area contributed by atoms with E-state index in [9.17, 15) is 9.59 Å². The van der Waals surface area contributed by atoms with Gasteiger partial charge in [0.2, 0.25) is 0 Å². The van der Waals surface area contributed by atoms with E-state index in [-0.39, 0.29) is 11.9 Å². The predicted molar refractivity (Wildman–Crippen MR) is 124 cm³/mol. The first kappa shape index (κ1) is 19.8. The Morgan fingerprint density at radius 3 is 2.45 bits per heavy atom. The van der Waals surface area contributed by atoms with Crippen LogP contribution in [0.4, 0.5) is 10.5 Å². The first-order valence-corrected chi connectivity index (χ1v) is 11.4. The Bertz CT molecular complexity index is 1060. The number of Topliss-reactive ketones (excluding diaryl/α,β-unsaturated/α-hetero) is 1. The van der Waals surface area contributed by atoms with Crippen LogP contribution in [0.15, 0.2) is 66.4 Å². The third kappa shape index (κ3) is 4.07. The monoisotopic (exact) mass is 412 g/mol. The maximum Gasteiger partial charge on any atom is 0.326 e. The van der Waals surface area contributed by atoms with Gasteiger partial charge in [0.1, 0.15) is 0 Å². The average Bonchev–Trinajstić information content (AvgIpc) is 3.49. The molecule has 0 aromatic heterocycles. The van der Waals surface area contributed by atoms with Crippen LogP contribution in [0.3, 0.4) is 0 Å². The maximum atomic E-state index is 12.8. The number of nitrogens with zero attached hydrogens (tertiary/aromatic N) is 1. The minimum atomic E-state index is -0.0529. The lowest BCUT2D eigenvalue weighted by atomic mass is 9.94.